The van der Waals surface area contributed by atoms with Gasteiger partial charge >= 0.3 is 5.97 Å². The molecule has 2 rings (SSSR count). The van der Waals surface area contributed by atoms with E-state index in [1.54, 1.807) is 11.8 Å². The number of rotatable bonds is 9. The van der Waals surface area contributed by atoms with Gasteiger partial charge in [-0.15, -0.1) is 0 Å². The summed E-state index contributed by atoms with van der Waals surface area (Å²) in [5.74, 6) is -0.177. The third-order valence-corrected chi connectivity index (χ3v) is 4.50. The lowest BCUT2D eigenvalue weighted by molar-refractivity contribution is -0.142. The van der Waals surface area contributed by atoms with Gasteiger partial charge in [0.25, 0.3) is 0 Å². The van der Waals surface area contributed by atoms with Gasteiger partial charge in [-0.1, -0.05) is 43.3 Å². The van der Waals surface area contributed by atoms with Gasteiger partial charge in [-0.2, -0.15) is 0 Å². The van der Waals surface area contributed by atoms with Crippen molar-refractivity contribution in [3.8, 4) is 0 Å². The van der Waals surface area contributed by atoms with E-state index in [2.05, 4.69) is 48.6 Å². The molecule has 0 radical (unpaired) electrons. The fourth-order valence-corrected chi connectivity index (χ4v) is 3.15. The van der Waals surface area contributed by atoms with Crippen LogP contribution in [-0.4, -0.2) is 19.1 Å². The van der Waals surface area contributed by atoms with Crippen LogP contribution < -0.4 is 5.32 Å². The number of nitrogens with one attached hydrogen (secondary N) is 1. The van der Waals surface area contributed by atoms with E-state index in [0.29, 0.717) is 13.0 Å². The van der Waals surface area contributed by atoms with Crippen molar-refractivity contribution in [2.75, 3.05) is 18.5 Å². The van der Waals surface area contributed by atoms with E-state index in [4.69, 9.17) is 4.74 Å². The van der Waals surface area contributed by atoms with Gasteiger partial charge in [0.2, 0.25) is 0 Å². The Balaban J connectivity index is 1.93. The van der Waals surface area contributed by atoms with Crippen LogP contribution in [0.15, 0.2) is 58.3 Å². The van der Waals surface area contributed by atoms with E-state index in [1.807, 2.05) is 19.1 Å². The number of carbonyl (C=O) groups is 1. The molecule has 4 heteroatoms. The third kappa shape index (κ3) is 6.28. The lowest BCUT2D eigenvalue weighted by Gasteiger charge is -2.08. The van der Waals surface area contributed by atoms with Crippen molar-refractivity contribution in [1.82, 2.24) is 0 Å². The Labute approximate surface area is 148 Å². The molecule has 0 amide bonds. The van der Waals surface area contributed by atoms with Gasteiger partial charge in [0, 0.05) is 22.0 Å². The highest BCUT2D eigenvalue weighted by atomic mass is 32.2. The van der Waals surface area contributed by atoms with Gasteiger partial charge in [0.15, 0.2) is 0 Å². The van der Waals surface area contributed by atoms with E-state index < -0.39 is 0 Å². The van der Waals surface area contributed by atoms with Crippen LogP contribution >= 0.6 is 11.8 Å². The first-order valence-corrected chi connectivity index (χ1v) is 9.29. The normalized spacial score (nSPS) is 10.4. The van der Waals surface area contributed by atoms with Crippen molar-refractivity contribution in [3.63, 3.8) is 0 Å². The molecule has 0 atom stereocenters. The van der Waals surface area contributed by atoms with Gasteiger partial charge in [-0.05, 0) is 49.2 Å². The van der Waals surface area contributed by atoms with Crippen molar-refractivity contribution < 1.29 is 9.53 Å². The Morgan fingerprint density at radius 3 is 2.58 bits per heavy atom. The highest BCUT2D eigenvalue weighted by Gasteiger charge is 2.04. The van der Waals surface area contributed by atoms with Crippen LogP contribution in [0.4, 0.5) is 5.69 Å². The summed E-state index contributed by atoms with van der Waals surface area (Å²) >= 11 is 1.72. The summed E-state index contributed by atoms with van der Waals surface area (Å²) in [7, 11) is 0. The fraction of sp³-hybridized carbons (Fsp3) is 0.350. The topological polar surface area (TPSA) is 38.3 Å². The zero-order chi connectivity index (χ0) is 17.2. The summed E-state index contributed by atoms with van der Waals surface area (Å²) in [4.78, 5) is 13.9. The Morgan fingerprint density at radius 2 is 1.88 bits per heavy atom. The number of unbranched alkanes of at least 4 members (excludes halogenated alkanes) is 1. The number of anilines is 1. The maximum atomic E-state index is 11.5. The molecule has 128 valence electrons. The van der Waals surface area contributed by atoms with Crippen LogP contribution in [0.2, 0.25) is 0 Å². The van der Waals surface area contributed by atoms with Crippen molar-refractivity contribution in [1.29, 1.82) is 0 Å². The van der Waals surface area contributed by atoms with Gasteiger partial charge in [-0.25, -0.2) is 0 Å². The first-order chi connectivity index (χ1) is 11.7. The molecule has 0 unspecified atom stereocenters. The molecule has 2 aromatic rings. The van der Waals surface area contributed by atoms with Crippen molar-refractivity contribution in [3.05, 3.63) is 54.1 Å². The maximum absolute atomic E-state index is 11.5. The fourth-order valence-electron chi connectivity index (χ4n) is 2.27. The minimum Gasteiger partial charge on any atom is -0.466 e. The third-order valence-electron chi connectivity index (χ3n) is 3.51. The van der Waals surface area contributed by atoms with Gasteiger partial charge in [0.05, 0.1) is 13.0 Å². The smallest absolute Gasteiger partial charge is 0.310 e. The Kier molecular flexibility index (Phi) is 7.69. The lowest BCUT2D eigenvalue weighted by atomic mass is 10.1. The summed E-state index contributed by atoms with van der Waals surface area (Å²) in [5, 5.41) is 3.45. The van der Waals surface area contributed by atoms with E-state index in [-0.39, 0.29) is 5.97 Å². The largest absolute Gasteiger partial charge is 0.466 e. The predicted molar refractivity (Wildman–Crippen MR) is 101 cm³/mol. The zero-order valence-electron chi connectivity index (χ0n) is 14.4. The minimum atomic E-state index is -0.177. The molecule has 1 N–H and O–H groups in total. The molecule has 2 aromatic carbocycles. The van der Waals surface area contributed by atoms with Gasteiger partial charge in [0.1, 0.15) is 0 Å². The van der Waals surface area contributed by atoms with Crippen molar-refractivity contribution in [2.45, 2.75) is 42.9 Å². The van der Waals surface area contributed by atoms with Crippen LogP contribution in [0.1, 0.15) is 32.3 Å². The van der Waals surface area contributed by atoms with Crippen LogP contribution in [0.5, 0.6) is 0 Å². The molecule has 3 nitrogen and oxygen atoms in total. The first kappa shape index (κ1) is 18.4. The van der Waals surface area contributed by atoms with Gasteiger partial charge < -0.3 is 10.1 Å². The molecular weight excluding hydrogens is 318 g/mol. The molecule has 0 aliphatic rings. The van der Waals surface area contributed by atoms with E-state index in [9.17, 15) is 4.79 Å². The molecule has 0 spiro atoms. The summed E-state index contributed by atoms with van der Waals surface area (Å²) in [6.07, 6.45) is 2.70. The maximum Gasteiger partial charge on any atom is 0.310 e. The van der Waals surface area contributed by atoms with Gasteiger partial charge in [-0.3, -0.25) is 4.79 Å². The summed E-state index contributed by atoms with van der Waals surface area (Å²) in [6.45, 7) is 5.45. The summed E-state index contributed by atoms with van der Waals surface area (Å²) in [5.41, 5.74) is 2.14. The zero-order valence-corrected chi connectivity index (χ0v) is 15.2. The molecule has 0 bridgehead atoms. The van der Waals surface area contributed by atoms with Crippen LogP contribution in [-0.2, 0) is 16.0 Å². The second-order valence-electron chi connectivity index (χ2n) is 5.54. The highest BCUT2D eigenvalue weighted by Crippen LogP contribution is 2.29. The molecule has 0 aliphatic carbocycles. The number of carbonyl (C=O) groups excluding carboxylic acids is 1. The van der Waals surface area contributed by atoms with Crippen LogP contribution in [0, 0.1) is 0 Å². The second kappa shape index (κ2) is 10.0. The number of benzene rings is 2. The quantitative estimate of drug-likeness (QED) is 0.504. The monoisotopic (exact) mass is 343 g/mol. The summed E-state index contributed by atoms with van der Waals surface area (Å²) < 4.78 is 4.97. The van der Waals surface area contributed by atoms with Crippen LogP contribution in [0.3, 0.4) is 0 Å². The number of hydrogen-bond acceptors (Lipinski definition) is 4. The minimum absolute atomic E-state index is 0.177. The molecule has 0 heterocycles. The second-order valence-corrected chi connectivity index (χ2v) is 6.68. The number of ether oxygens (including phenoxy) is 1. The van der Waals surface area contributed by atoms with E-state index in [1.165, 1.54) is 17.7 Å². The average Bonchev–Trinajstić information content (AvgIpc) is 2.58. The lowest BCUT2D eigenvalue weighted by Crippen LogP contribution is -2.07. The van der Waals surface area contributed by atoms with Crippen LogP contribution in [0.25, 0.3) is 0 Å². The highest BCUT2D eigenvalue weighted by molar-refractivity contribution is 7.99. The Morgan fingerprint density at radius 1 is 1.08 bits per heavy atom. The molecule has 0 aliphatic heterocycles. The molecule has 0 saturated carbocycles. The number of esters is 1. The molecule has 0 saturated heterocycles. The Bertz CT molecular complexity index is 640. The molecule has 0 fully saturated rings. The molecule has 24 heavy (non-hydrogen) atoms. The molecular formula is C20H25NO2S. The van der Waals surface area contributed by atoms with E-state index in [0.717, 1.165) is 22.7 Å². The summed E-state index contributed by atoms with van der Waals surface area (Å²) in [6, 6.07) is 16.5. The van der Waals surface area contributed by atoms with Crippen molar-refractivity contribution in [2.24, 2.45) is 0 Å². The first-order valence-electron chi connectivity index (χ1n) is 8.47. The van der Waals surface area contributed by atoms with Crippen molar-refractivity contribution >= 4 is 23.4 Å². The Hall–Kier alpha value is -1.94. The SMILES string of the molecule is CCCCNc1cccc(Sc2ccc(CC(=O)OCC)cc2)c1. The van der Waals surface area contributed by atoms with E-state index >= 15 is 0 Å². The molecule has 0 aromatic heterocycles. The number of hydrogen-bond donors (Lipinski definition) is 1. The standard InChI is InChI=1S/C20H25NO2S/c1-3-5-13-21-17-7-6-8-19(15-17)24-18-11-9-16(10-12-18)14-20(22)23-4-2/h6-12,15,21H,3-5,13-14H2,1-2H3. The average molecular weight is 343 g/mol. The predicted octanol–water partition coefficient (Wildman–Crippen LogP) is 5.16.